The lowest BCUT2D eigenvalue weighted by Crippen LogP contribution is -2.28. The third kappa shape index (κ3) is 4.94. The van der Waals surface area contributed by atoms with E-state index in [1.165, 1.54) is 0 Å². The van der Waals surface area contributed by atoms with Gasteiger partial charge in [0.25, 0.3) is 0 Å². The van der Waals surface area contributed by atoms with Crippen LogP contribution in [0.25, 0.3) is 5.69 Å². The Kier molecular flexibility index (Phi) is 7.60. The SMILES string of the molecule is COc1cccc(OC)c1-n1c(CS(=O)(=O)[C@@H](C)[C@H](C)c2ncc(C)cn2)nnc1[C@H]1CCO[C@H]1C. The van der Waals surface area contributed by atoms with Crippen molar-refractivity contribution in [3.63, 3.8) is 0 Å². The van der Waals surface area contributed by atoms with E-state index in [0.29, 0.717) is 35.4 Å². The smallest absolute Gasteiger partial charge is 0.160 e. The van der Waals surface area contributed by atoms with Crippen LogP contribution >= 0.6 is 0 Å². The molecule has 0 spiro atoms. The molecule has 194 valence electrons. The lowest BCUT2D eigenvalue weighted by atomic mass is 10.0. The molecule has 2 aromatic heterocycles. The molecular formula is C25H33N5O5S. The minimum absolute atomic E-state index is 0.0547. The zero-order chi connectivity index (χ0) is 26.0. The summed E-state index contributed by atoms with van der Waals surface area (Å²) in [6.07, 6.45) is 4.05. The number of hydrogen-bond donors (Lipinski definition) is 0. The molecule has 0 N–H and O–H groups in total. The molecular weight excluding hydrogens is 482 g/mol. The van der Waals surface area contributed by atoms with Crippen LogP contribution in [0.5, 0.6) is 11.5 Å². The van der Waals surface area contributed by atoms with E-state index >= 15 is 0 Å². The highest BCUT2D eigenvalue weighted by atomic mass is 32.2. The number of methoxy groups -OCH3 is 2. The van der Waals surface area contributed by atoms with E-state index in [0.717, 1.165) is 12.0 Å². The van der Waals surface area contributed by atoms with Crippen LogP contribution in [0.2, 0.25) is 0 Å². The van der Waals surface area contributed by atoms with Crippen molar-refractivity contribution in [2.24, 2.45) is 0 Å². The molecule has 0 bridgehead atoms. The summed E-state index contributed by atoms with van der Waals surface area (Å²) in [5.74, 6) is 1.66. The van der Waals surface area contributed by atoms with Gasteiger partial charge in [0.2, 0.25) is 0 Å². The number of para-hydroxylation sites is 1. The predicted octanol–water partition coefficient (Wildman–Crippen LogP) is 3.38. The Hall–Kier alpha value is -3.05. The Labute approximate surface area is 212 Å². The van der Waals surface area contributed by atoms with Crippen LogP contribution in [0.15, 0.2) is 30.6 Å². The number of ether oxygens (including phenoxy) is 3. The number of hydrogen-bond acceptors (Lipinski definition) is 9. The topological polar surface area (TPSA) is 118 Å². The summed E-state index contributed by atoms with van der Waals surface area (Å²) in [5, 5.41) is 8.09. The van der Waals surface area contributed by atoms with Crippen molar-refractivity contribution in [3.05, 3.63) is 53.6 Å². The summed E-state index contributed by atoms with van der Waals surface area (Å²) in [6, 6.07) is 5.41. The molecule has 0 aliphatic carbocycles. The summed E-state index contributed by atoms with van der Waals surface area (Å²) in [6.45, 7) is 7.98. The van der Waals surface area contributed by atoms with Crippen LogP contribution in [0.3, 0.4) is 0 Å². The number of rotatable bonds is 9. The van der Waals surface area contributed by atoms with Crippen LogP contribution in [-0.2, 0) is 20.3 Å². The van der Waals surface area contributed by atoms with Crippen LogP contribution in [0.4, 0.5) is 0 Å². The highest BCUT2D eigenvalue weighted by molar-refractivity contribution is 7.91. The molecule has 1 aliphatic rings. The quantitative estimate of drug-likeness (QED) is 0.422. The van der Waals surface area contributed by atoms with Crippen molar-refractivity contribution in [2.45, 2.75) is 63.1 Å². The average molecular weight is 516 g/mol. The molecule has 11 heteroatoms. The van der Waals surface area contributed by atoms with Gasteiger partial charge in [-0.15, -0.1) is 10.2 Å². The zero-order valence-electron chi connectivity index (χ0n) is 21.5. The monoisotopic (exact) mass is 515 g/mol. The molecule has 1 saturated heterocycles. The first kappa shape index (κ1) is 26.0. The van der Waals surface area contributed by atoms with Gasteiger partial charge in [-0.05, 0) is 44.9 Å². The predicted molar refractivity (Wildman–Crippen MR) is 135 cm³/mol. The van der Waals surface area contributed by atoms with E-state index in [1.807, 2.05) is 26.8 Å². The van der Waals surface area contributed by atoms with E-state index in [2.05, 4.69) is 20.2 Å². The summed E-state index contributed by atoms with van der Waals surface area (Å²) in [4.78, 5) is 8.68. The van der Waals surface area contributed by atoms with Gasteiger partial charge in [0.05, 0.1) is 25.6 Å². The molecule has 3 heterocycles. The summed E-state index contributed by atoms with van der Waals surface area (Å²) in [5.41, 5.74) is 1.48. The van der Waals surface area contributed by atoms with Gasteiger partial charge in [-0.3, -0.25) is 4.57 Å². The maximum Gasteiger partial charge on any atom is 0.160 e. The second-order valence-electron chi connectivity index (χ2n) is 9.21. The maximum atomic E-state index is 13.6. The second-order valence-corrected chi connectivity index (χ2v) is 11.6. The van der Waals surface area contributed by atoms with E-state index < -0.39 is 21.0 Å². The first-order chi connectivity index (χ1) is 17.2. The molecule has 1 fully saturated rings. The van der Waals surface area contributed by atoms with Gasteiger partial charge < -0.3 is 14.2 Å². The first-order valence-corrected chi connectivity index (χ1v) is 13.7. The van der Waals surface area contributed by atoms with Crippen molar-refractivity contribution in [1.82, 2.24) is 24.7 Å². The Balaban J connectivity index is 1.78. The lowest BCUT2D eigenvalue weighted by Gasteiger charge is -2.22. The van der Waals surface area contributed by atoms with E-state index in [1.54, 1.807) is 50.2 Å². The number of nitrogens with zero attached hydrogens (tertiary/aromatic N) is 5. The zero-order valence-corrected chi connectivity index (χ0v) is 22.3. The summed E-state index contributed by atoms with van der Waals surface area (Å²) >= 11 is 0. The molecule has 3 aromatic rings. The number of benzene rings is 1. The molecule has 0 unspecified atom stereocenters. The van der Waals surface area contributed by atoms with Gasteiger partial charge in [-0.1, -0.05) is 13.0 Å². The van der Waals surface area contributed by atoms with Crippen molar-refractivity contribution in [1.29, 1.82) is 0 Å². The van der Waals surface area contributed by atoms with E-state index in [4.69, 9.17) is 14.2 Å². The fraction of sp³-hybridized carbons (Fsp3) is 0.520. The third-order valence-corrected chi connectivity index (χ3v) is 9.10. The van der Waals surface area contributed by atoms with Crippen molar-refractivity contribution in [3.8, 4) is 17.2 Å². The van der Waals surface area contributed by atoms with Gasteiger partial charge in [-0.2, -0.15) is 0 Å². The molecule has 4 atom stereocenters. The van der Waals surface area contributed by atoms with Crippen LogP contribution in [-0.4, -0.2) is 65.3 Å². The fourth-order valence-corrected chi connectivity index (χ4v) is 6.05. The van der Waals surface area contributed by atoms with Gasteiger partial charge in [0.15, 0.2) is 15.7 Å². The molecule has 0 radical (unpaired) electrons. The molecule has 4 rings (SSSR count). The van der Waals surface area contributed by atoms with E-state index in [9.17, 15) is 8.42 Å². The molecule has 1 aliphatic heterocycles. The van der Waals surface area contributed by atoms with E-state index in [-0.39, 0.29) is 23.6 Å². The minimum Gasteiger partial charge on any atom is -0.494 e. The Morgan fingerprint density at radius 1 is 1.11 bits per heavy atom. The molecule has 0 amide bonds. The minimum atomic E-state index is -3.68. The Morgan fingerprint density at radius 3 is 2.31 bits per heavy atom. The largest absolute Gasteiger partial charge is 0.494 e. The van der Waals surface area contributed by atoms with Crippen molar-refractivity contribution in [2.75, 3.05) is 20.8 Å². The van der Waals surface area contributed by atoms with Crippen molar-refractivity contribution < 1.29 is 22.6 Å². The van der Waals surface area contributed by atoms with Crippen LogP contribution < -0.4 is 9.47 Å². The highest BCUT2D eigenvalue weighted by Gasteiger charge is 2.36. The normalized spacial score (nSPS) is 19.7. The first-order valence-electron chi connectivity index (χ1n) is 11.9. The fourth-order valence-electron chi connectivity index (χ4n) is 4.50. The van der Waals surface area contributed by atoms with Crippen LogP contribution in [0.1, 0.15) is 62.1 Å². The van der Waals surface area contributed by atoms with Gasteiger partial charge in [0, 0.05) is 30.8 Å². The number of aromatic nitrogens is 5. The summed E-state index contributed by atoms with van der Waals surface area (Å²) in [7, 11) is -0.559. The van der Waals surface area contributed by atoms with Gasteiger partial charge in [0.1, 0.15) is 34.6 Å². The number of sulfone groups is 1. The highest BCUT2D eigenvalue weighted by Crippen LogP contribution is 2.39. The van der Waals surface area contributed by atoms with Gasteiger partial charge in [-0.25, -0.2) is 18.4 Å². The molecule has 36 heavy (non-hydrogen) atoms. The third-order valence-electron chi connectivity index (χ3n) is 6.90. The molecule has 1 aromatic carbocycles. The lowest BCUT2D eigenvalue weighted by molar-refractivity contribution is 0.117. The Bertz CT molecular complexity index is 1290. The number of aryl methyl sites for hydroxylation is 1. The van der Waals surface area contributed by atoms with Gasteiger partial charge >= 0.3 is 0 Å². The summed E-state index contributed by atoms with van der Waals surface area (Å²) < 4.78 is 46.1. The molecule has 0 saturated carbocycles. The Morgan fingerprint density at radius 2 is 1.75 bits per heavy atom. The average Bonchev–Trinajstić information content (AvgIpc) is 3.47. The second kappa shape index (κ2) is 10.5. The maximum absolute atomic E-state index is 13.6. The van der Waals surface area contributed by atoms with Crippen molar-refractivity contribution >= 4 is 9.84 Å². The van der Waals surface area contributed by atoms with Crippen LogP contribution in [0, 0.1) is 6.92 Å². The molecule has 10 nitrogen and oxygen atoms in total. The standard InChI is InChI=1S/C25H33N5O5S/c1-15-12-26-24(27-13-15)16(2)18(4)36(31,32)14-22-28-29-25(19-10-11-35-17(19)3)30(22)23-20(33-5)8-7-9-21(23)34-6/h7-9,12-13,16-19H,10-11,14H2,1-6H3/t16-,17-,18-,19-/m0/s1.